The topological polar surface area (TPSA) is 3.24 Å². The van der Waals surface area contributed by atoms with Crippen molar-refractivity contribution in [3.8, 4) is 44.5 Å². The van der Waals surface area contributed by atoms with E-state index in [9.17, 15) is 0 Å². The van der Waals surface area contributed by atoms with Gasteiger partial charge in [-0.1, -0.05) is 202 Å². The molecule has 0 saturated carbocycles. The molecule has 0 unspecified atom stereocenters. The Balaban J connectivity index is 1.02. The lowest BCUT2D eigenvalue weighted by molar-refractivity contribution is 0.660. The van der Waals surface area contributed by atoms with Gasteiger partial charge in [0.15, 0.2) is 0 Å². The lowest BCUT2D eigenvalue weighted by Gasteiger charge is -2.28. The summed E-state index contributed by atoms with van der Waals surface area (Å²) >= 11 is 0. The number of hydrogen-bond acceptors (Lipinski definition) is 1. The normalized spacial score (nSPS) is 12.9. The third-order valence-electron chi connectivity index (χ3n) is 13.9. The molecule has 0 atom stereocenters. The monoisotopic (exact) mass is 845 g/mol. The van der Waals surface area contributed by atoms with Crippen molar-refractivity contribution in [2.45, 2.75) is 33.1 Å². The van der Waals surface area contributed by atoms with Crippen LogP contribution in [0.2, 0.25) is 0 Å². The molecule has 0 saturated heterocycles. The summed E-state index contributed by atoms with van der Waals surface area (Å²) in [6, 6.07) is 86.7. The van der Waals surface area contributed by atoms with Crippen molar-refractivity contribution >= 4 is 39.0 Å². The van der Waals surface area contributed by atoms with Crippen molar-refractivity contribution in [1.82, 2.24) is 0 Å². The second-order valence-corrected chi connectivity index (χ2v) is 18.2. The minimum absolute atomic E-state index is 0.251. The van der Waals surface area contributed by atoms with Crippen molar-refractivity contribution in [3.05, 3.63) is 270 Å². The number of fused-ring (bicyclic) bond motifs is 4. The van der Waals surface area contributed by atoms with Crippen LogP contribution in [0, 0.1) is 6.92 Å². The molecule has 1 aliphatic carbocycles. The number of nitrogens with zero attached hydrogens (tertiary/aromatic N) is 1. The first-order chi connectivity index (χ1) is 32.3. The Labute approximate surface area is 389 Å². The van der Waals surface area contributed by atoms with E-state index in [4.69, 9.17) is 0 Å². The van der Waals surface area contributed by atoms with E-state index in [1.807, 2.05) is 0 Å². The average molecular weight is 846 g/mol. The second kappa shape index (κ2) is 16.8. The highest BCUT2D eigenvalue weighted by atomic mass is 15.1. The number of benzene rings is 10. The third-order valence-corrected chi connectivity index (χ3v) is 13.9. The first-order valence-corrected chi connectivity index (χ1v) is 23.1. The Bertz CT molecular complexity index is 3320. The summed E-state index contributed by atoms with van der Waals surface area (Å²) in [5.41, 5.74) is 23.2. The lowest BCUT2D eigenvalue weighted by atomic mass is 9.80. The molecule has 0 heterocycles. The predicted octanol–water partition coefficient (Wildman–Crippen LogP) is 17.9. The van der Waals surface area contributed by atoms with Gasteiger partial charge >= 0.3 is 0 Å². The Morgan fingerprint density at radius 1 is 0.364 bits per heavy atom. The molecular formula is C65H51N. The molecule has 0 fully saturated rings. The molecule has 1 heteroatoms. The molecule has 1 nitrogen and oxygen atoms in total. The van der Waals surface area contributed by atoms with E-state index in [2.05, 4.69) is 269 Å². The van der Waals surface area contributed by atoms with E-state index in [0.29, 0.717) is 0 Å². The van der Waals surface area contributed by atoms with Crippen LogP contribution in [0.4, 0.5) is 17.1 Å². The fraction of sp³-hybridized carbons (Fsp3) is 0.0769. The van der Waals surface area contributed by atoms with Gasteiger partial charge in [0.1, 0.15) is 0 Å². The van der Waals surface area contributed by atoms with Gasteiger partial charge in [0.2, 0.25) is 0 Å². The molecule has 11 rings (SSSR count). The molecule has 0 radical (unpaired) electrons. The molecule has 0 amide bonds. The van der Waals surface area contributed by atoms with E-state index in [-0.39, 0.29) is 5.41 Å². The molecule has 0 bridgehead atoms. The third kappa shape index (κ3) is 7.24. The molecular weight excluding hydrogens is 795 g/mol. The number of hydrogen-bond donors (Lipinski definition) is 0. The highest BCUT2D eigenvalue weighted by Gasteiger charge is 2.36. The fourth-order valence-corrected chi connectivity index (χ4v) is 10.4. The standard InChI is InChI=1S/C65H51N/c1-44(46-19-9-5-10-20-46)64(51-25-15-8-16-26-51)60-43-61(57-28-18-17-27-56(57)45(60)2)52-33-39-58-59-40-38-55(42-63(59)65(3,4)62(58)41-52)66(53-34-29-49(30-35-53)47-21-11-6-12-22-47)54-36-31-50(32-37-54)48-23-13-7-14-24-48/h5-43H,1-4H3/b64-44+. The maximum atomic E-state index is 2.48. The molecule has 10 aromatic rings. The number of anilines is 3. The average Bonchev–Trinajstić information content (AvgIpc) is 3.60. The van der Waals surface area contributed by atoms with Crippen molar-refractivity contribution < 1.29 is 0 Å². The van der Waals surface area contributed by atoms with Crippen LogP contribution in [0.25, 0.3) is 66.4 Å². The van der Waals surface area contributed by atoms with Crippen LogP contribution < -0.4 is 4.90 Å². The van der Waals surface area contributed by atoms with Crippen molar-refractivity contribution in [2.75, 3.05) is 4.90 Å². The highest BCUT2D eigenvalue weighted by molar-refractivity contribution is 6.07. The minimum Gasteiger partial charge on any atom is -0.310 e. The van der Waals surface area contributed by atoms with Crippen molar-refractivity contribution in [1.29, 1.82) is 0 Å². The summed E-state index contributed by atoms with van der Waals surface area (Å²) in [5.74, 6) is 0. The summed E-state index contributed by atoms with van der Waals surface area (Å²) < 4.78 is 0. The zero-order valence-corrected chi connectivity index (χ0v) is 38.0. The SMILES string of the molecule is C/C(=C(/c1ccccc1)c1cc(-c2ccc3c(c2)C(C)(C)c2cc(N(c4ccc(-c5ccccc5)cc4)c4ccc(-c5ccccc5)cc4)ccc2-3)c2ccccc2c1C)c1ccccc1. The van der Waals surface area contributed by atoms with E-state index >= 15 is 0 Å². The van der Waals surface area contributed by atoms with E-state index in [0.717, 1.165) is 17.1 Å². The summed E-state index contributed by atoms with van der Waals surface area (Å²) in [7, 11) is 0. The minimum atomic E-state index is -0.251. The van der Waals surface area contributed by atoms with Crippen LogP contribution >= 0.6 is 0 Å². The van der Waals surface area contributed by atoms with Crippen LogP contribution in [-0.4, -0.2) is 0 Å². The molecule has 10 aromatic carbocycles. The first-order valence-electron chi connectivity index (χ1n) is 23.1. The van der Waals surface area contributed by atoms with E-state index in [1.165, 1.54) is 99.8 Å². The lowest BCUT2D eigenvalue weighted by Crippen LogP contribution is -2.16. The first kappa shape index (κ1) is 40.8. The molecule has 0 aromatic heterocycles. The molecule has 66 heavy (non-hydrogen) atoms. The maximum Gasteiger partial charge on any atom is 0.0465 e. The van der Waals surface area contributed by atoms with Crippen LogP contribution in [-0.2, 0) is 5.41 Å². The van der Waals surface area contributed by atoms with Crippen LogP contribution in [0.3, 0.4) is 0 Å². The van der Waals surface area contributed by atoms with Gasteiger partial charge in [0, 0.05) is 22.5 Å². The molecule has 0 spiro atoms. The van der Waals surface area contributed by atoms with Gasteiger partial charge in [-0.15, -0.1) is 0 Å². The zero-order chi connectivity index (χ0) is 44.8. The number of rotatable bonds is 9. The van der Waals surface area contributed by atoms with E-state index in [1.54, 1.807) is 0 Å². The van der Waals surface area contributed by atoms with Crippen LogP contribution in [0.1, 0.15) is 54.2 Å². The zero-order valence-electron chi connectivity index (χ0n) is 38.0. The van der Waals surface area contributed by atoms with Gasteiger partial charge in [-0.25, -0.2) is 0 Å². The second-order valence-electron chi connectivity index (χ2n) is 18.2. The molecule has 0 aliphatic heterocycles. The quantitative estimate of drug-likeness (QED) is 0.131. The van der Waals surface area contributed by atoms with Gasteiger partial charge in [-0.05, 0) is 162 Å². The van der Waals surface area contributed by atoms with Crippen LogP contribution in [0.5, 0.6) is 0 Å². The molecule has 1 aliphatic rings. The summed E-state index contributed by atoms with van der Waals surface area (Å²) in [5, 5.41) is 2.55. The highest BCUT2D eigenvalue weighted by Crippen LogP contribution is 2.52. The number of aryl methyl sites for hydroxylation is 1. The molecule has 316 valence electrons. The van der Waals surface area contributed by atoms with Crippen LogP contribution in [0.15, 0.2) is 237 Å². The van der Waals surface area contributed by atoms with Gasteiger partial charge in [-0.3, -0.25) is 0 Å². The van der Waals surface area contributed by atoms with Crippen molar-refractivity contribution in [2.24, 2.45) is 0 Å². The van der Waals surface area contributed by atoms with E-state index < -0.39 is 0 Å². The van der Waals surface area contributed by atoms with Gasteiger partial charge in [0.05, 0.1) is 0 Å². The smallest absolute Gasteiger partial charge is 0.0465 e. The van der Waals surface area contributed by atoms with Crippen molar-refractivity contribution in [3.63, 3.8) is 0 Å². The predicted molar refractivity (Wildman–Crippen MR) is 282 cm³/mol. The maximum absolute atomic E-state index is 2.48. The van der Waals surface area contributed by atoms with Gasteiger partial charge in [-0.2, -0.15) is 0 Å². The van der Waals surface area contributed by atoms with Gasteiger partial charge in [0.25, 0.3) is 0 Å². The Hall–Kier alpha value is -8.00. The summed E-state index contributed by atoms with van der Waals surface area (Å²) in [6.45, 7) is 9.37. The summed E-state index contributed by atoms with van der Waals surface area (Å²) in [4.78, 5) is 2.41. The largest absolute Gasteiger partial charge is 0.310 e. The summed E-state index contributed by atoms with van der Waals surface area (Å²) in [6.07, 6.45) is 0. The Kier molecular flexibility index (Phi) is 10.4. The molecule has 0 N–H and O–H groups in total. The number of allylic oxidation sites excluding steroid dienone is 1. The Morgan fingerprint density at radius 3 is 1.35 bits per heavy atom. The Morgan fingerprint density at radius 2 is 0.788 bits per heavy atom. The van der Waals surface area contributed by atoms with Gasteiger partial charge < -0.3 is 4.90 Å². The fourth-order valence-electron chi connectivity index (χ4n) is 10.4.